The van der Waals surface area contributed by atoms with E-state index in [2.05, 4.69) is 140 Å². The highest BCUT2D eigenvalue weighted by Gasteiger charge is 2.19. The first-order chi connectivity index (χ1) is 21.7. The lowest BCUT2D eigenvalue weighted by atomic mass is 9.83. The quantitative estimate of drug-likeness (QED) is 0.188. The summed E-state index contributed by atoms with van der Waals surface area (Å²) in [6.45, 7) is 0. The average Bonchev–Trinajstić information content (AvgIpc) is 3.45. The van der Waals surface area contributed by atoms with Crippen molar-refractivity contribution >= 4 is 63.8 Å². The van der Waals surface area contributed by atoms with Crippen LogP contribution in [0.5, 0.6) is 0 Å². The van der Waals surface area contributed by atoms with Gasteiger partial charge < -0.3 is 0 Å². The molecule has 0 fully saturated rings. The number of hydrogen-bond donors (Lipinski definition) is 0. The van der Waals surface area contributed by atoms with E-state index in [-0.39, 0.29) is 0 Å². The van der Waals surface area contributed by atoms with Gasteiger partial charge in [-0.05, 0) is 90.0 Å². The van der Waals surface area contributed by atoms with Crippen molar-refractivity contribution in [3.8, 4) is 33.4 Å². The second kappa shape index (κ2) is 9.66. The summed E-state index contributed by atoms with van der Waals surface area (Å²) in [7, 11) is 0. The maximum absolute atomic E-state index is 8.04. The first-order valence-corrected chi connectivity index (χ1v) is 15.5. The minimum Gasteiger partial charge on any atom is -0.135 e. The van der Waals surface area contributed by atoms with Crippen molar-refractivity contribution in [2.75, 3.05) is 0 Å². The Bertz CT molecular complexity index is 2510. The summed E-state index contributed by atoms with van der Waals surface area (Å²) >= 11 is 1.86. The van der Waals surface area contributed by atoms with E-state index in [1.807, 2.05) is 23.5 Å². The molecule has 0 spiro atoms. The van der Waals surface area contributed by atoms with Gasteiger partial charge in [-0.3, -0.25) is 0 Å². The van der Waals surface area contributed by atoms with Crippen LogP contribution in [0.2, 0.25) is 0 Å². The van der Waals surface area contributed by atoms with E-state index < -0.39 is 0 Å². The molecule has 0 bridgehead atoms. The Balaban J connectivity index is 1.34. The summed E-state index contributed by atoms with van der Waals surface area (Å²) in [5.74, 6) is 0. The summed E-state index contributed by atoms with van der Waals surface area (Å²) in [4.78, 5) is 0. The van der Waals surface area contributed by atoms with Crippen LogP contribution in [0.3, 0.4) is 0 Å². The van der Waals surface area contributed by atoms with Crippen LogP contribution in [0.1, 0.15) is 1.37 Å². The van der Waals surface area contributed by atoms with Crippen LogP contribution in [-0.2, 0) is 0 Å². The van der Waals surface area contributed by atoms with Crippen molar-refractivity contribution in [1.82, 2.24) is 0 Å². The zero-order valence-electron chi connectivity index (χ0n) is 24.3. The standard InChI is InChI=1S/C42H26S/c1-2-12-28-25-29(22-21-27(28)11-1)31-13-3-4-15-33(31)42-36-18-7-5-16-34(36)41(35-17-6-8-19-37(35)42)30-23-24-40-38(26-30)32-14-9-10-20-39(32)43-40/h1-26H/i1D. The molecule has 8 aromatic carbocycles. The Labute approximate surface area is 255 Å². The smallest absolute Gasteiger partial charge is 0.0623 e. The zero-order chi connectivity index (χ0) is 29.2. The van der Waals surface area contributed by atoms with Gasteiger partial charge in [0.2, 0.25) is 0 Å². The van der Waals surface area contributed by atoms with Crippen molar-refractivity contribution in [2.45, 2.75) is 0 Å². The van der Waals surface area contributed by atoms with Crippen LogP contribution in [0.4, 0.5) is 0 Å². The summed E-state index contributed by atoms with van der Waals surface area (Å²) in [6, 6.07) is 55.3. The molecule has 0 saturated carbocycles. The van der Waals surface area contributed by atoms with Gasteiger partial charge in [0.15, 0.2) is 0 Å². The van der Waals surface area contributed by atoms with Crippen LogP contribution in [0, 0.1) is 0 Å². The van der Waals surface area contributed by atoms with Gasteiger partial charge in [-0.15, -0.1) is 11.3 Å². The predicted octanol–water partition coefficient (Wildman–Crippen LogP) is 12.5. The normalized spacial score (nSPS) is 12.0. The minimum absolute atomic E-state index is 0.537. The van der Waals surface area contributed by atoms with E-state index in [1.54, 1.807) is 0 Å². The molecule has 0 nitrogen and oxygen atoms in total. The molecule has 9 aromatic rings. The van der Waals surface area contributed by atoms with E-state index in [0.717, 1.165) is 10.8 Å². The number of fused-ring (bicyclic) bond motifs is 6. The van der Waals surface area contributed by atoms with Crippen LogP contribution < -0.4 is 0 Å². The molecule has 0 amide bonds. The lowest BCUT2D eigenvalue weighted by Crippen LogP contribution is -1.92. The molecule has 0 N–H and O–H groups in total. The Morgan fingerprint density at radius 1 is 0.372 bits per heavy atom. The Morgan fingerprint density at radius 3 is 1.74 bits per heavy atom. The van der Waals surface area contributed by atoms with Gasteiger partial charge in [0, 0.05) is 20.2 Å². The molecule has 0 unspecified atom stereocenters. The van der Waals surface area contributed by atoms with Gasteiger partial charge in [-0.25, -0.2) is 0 Å². The molecule has 9 rings (SSSR count). The molecule has 1 aromatic heterocycles. The molecule has 0 aliphatic carbocycles. The first kappa shape index (κ1) is 23.3. The van der Waals surface area contributed by atoms with Gasteiger partial charge in [-0.1, -0.05) is 133 Å². The summed E-state index contributed by atoms with van der Waals surface area (Å²) in [5, 5.41) is 9.91. The highest BCUT2D eigenvalue weighted by atomic mass is 32.1. The third-order valence-electron chi connectivity index (χ3n) is 8.79. The third kappa shape index (κ3) is 3.82. The second-order valence-corrected chi connectivity index (χ2v) is 12.3. The number of rotatable bonds is 3. The molecular weight excluding hydrogens is 537 g/mol. The van der Waals surface area contributed by atoms with Crippen LogP contribution in [0.25, 0.3) is 85.9 Å². The van der Waals surface area contributed by atoms with Crippen molar-refractivity contribution in [3.05, 3.63) is 158 Å². The lowest BCUT2D eigenvalue weighted by Gasteiger charge is -2.20. The fourth-order valence-electron chi connectivity index (χ4n) is 6.86. The van der Waals surface area contributed by atoms with E-state index >= 15 is 0 Å². The van der Waals surface area contributed by atoms with Crippen molar-refractivity contribution in [3.63, 3.8) is 0 Å². The molecule has 0 saturated heterocycles. The summed E-state index contributed by atoms with van der Waals surface area (Å²) in [5.41, 5.74) is 7.40. The summed E-state index contributed by atoms with van der Waals surface area (Å²) in [6.07, 6.45) is 0. The minimum atomic E-state index is 0.537. The van der Waals surface area contributed by atoms with Crippen LogP contribution >= 0.6 is 11.3 Å². The molecular formula is C42H26S. The van der Waals surface area contributed by atoms with E-state index in [1.165, 1.54) is 75.1 Å². The Kier molecular flexibility index (Phi) is 5.24. The third-order valence-corrected chi connectivity index (χ3v) is 9.94. The van der Waals surface area contributed by atoms with Crippen LogP contribution in [-0.4, -0.2) is 0 Å². The van der Waals surface area contributed by atoms with Crippen LogP contribution in [0.15, 0.2) is 158 Å². The van der Waals surface area contributed by atoms with Gasteiger partial charge in [0.05, 0.1) is 1.37 Å². The first-order valence-electron chi connectivity index (χ1n) is 15.2. The van der Waals surface area contributed by atoms with Gasteiger partial charge in [-0.2, -0.15) is 0 Å². The maximum Gasteiger partial charge on any atom is 0.0623 e. The highest BCUT2D eigenvalue weighted by molar-refractivity contribution is 7.25. The summed E-state index contributed by atoms with van der Waals surface area (Å²) < 4.78 is 10.7. The van der Waals surface area contributed by atoms with Crippen molar-refractivity contribution in [1.29, 1.82) is 0 Å². The fraction of sp³-hybridized carbons (Fsp3) is 0. The second-order valence-electron chi connectivity index (χ2n) is 11.2. The highest BCUT2D eigenvalue weighted by Crippen LogP contribution is 2.47. The predicted molar refractivity (Wildman–Crippen MR) is 188 cm³/mol. The molecule has 0 aliphatic heterocycles. The van der Waals surface area contributed by atoms with Gasteiger partial charge >= 0.3 is 0 Å². The Morgan fingerprint density at radius 2 is 0.977 bits per heavy atom. The van der Waals surface area contributed by atoms with Gasteiger partial charge in [0.1, 0.15) is 0 Å². The monoisotopic (exact) mass is 563 g/mol. The zero-order valence-corrected chi connectivity index (χ0v) is 24.2. The molecule has 1 heteroatoms. The largest absolute Gasteiger partial charge is 0.135 e. The molecule has 0 radical (unpaired) electrons. The van der Waals surface area contributed by atoms with E-state index in [0.29, 0.717) is 6.04 Å². The molecule has 43 heavy (non-hydrogen) atoms. The van der Waals surface area contributed by atoms with Crippen molar-refractivity contribution in [2.24, 2.45) is 0 Å². The topological polar surface area (TPSA) is 0 Å². The average molecular weight is 564 g/mol. The van der Waals surface area contributed by atoms with E-state index in [4.69, 9.17) is 1.37 Å². The lowest BCUT2D eigenvalue weighted by molar-refractivity contribution is 1.62. The maximum atomic E-state index is 8.04. The molecule has 0 aliphatic rings. The van der Waals surface area contributed by atoms with E-state index in [9.17, 15) is 0 Å². The number of thiophene rings is 1. The molecule has 0 atom stereocenters. The van der Waals surface area contributed by atoms with Crippen molar-refractivity contribution < 1.29 is 1.37 Å². The number of benzene rings is 8. The molecule has 1 heterocycles. The fourth-order valence-corrected chi connectivity index (χ4v) is 7.94. The SMILES string of the molecule is [2H]c1ccc2cc(-c3ccccc3-c3c4ccccc4c(-c4ccc5sc6ccccc6c5c4)c4ccccc34)ccc2c1. The number of hydrogen-bond acceptors (Lipinski definition) is 1. The van der Waals surface area contributed by atoms with Gasteiger partial charge in [0.25, 0.3) is 0 Å². The Hall–Kier alpha value is -5.24. The molecule has 200 valence electrons.